The molecule has 2 saturated heterocycles. The van der Waals surface area contributed by atoms with Crippen LogP contribution in [0.25, 0.3) is 0 Å². The van der Waals surface area contributed by atoms with Crippen molar-refractivity contribution in [2.24, 2.45) is 0 Å². The third kappa shape index (κ3) is 5.95. The Balaban J connectivity index is 1.34. The van der Waals surface area contributed by atoms with Crippen molar-refractivity contribution in [1.29, 1.82) is 0 Å². The molecule has 2 aliphatic heterocycles. The van der Waals surface area contributed by atoms with Crippen molar-refractivity contribution in [3.63, 3.8) is 0 Å². The molecule has 0 aliphatic carbocycles. The van der Waals surface area contributed by atoms with E-state index < -0.39 is 10.0 Å². The van der Waals surface area contributed by atoms with Gasteiger partial charge in [0, 0.05) is 19.6 Å². The molecule has 3 heterocycles. The minimum atomic E-state index is -3.40. The van der Waals surface area contributed by atoms with Crippen LogP contribution in [0.5, 0.6) is 5.75 Å². The molecule has 0 spiro atoms. The van der Waals surface area contributed by atoms with E-state index in [0.29, 0.717) is 43.3 Å². The van der Waals surface area contributed by atoms with Gasteiger partial charge in [-0.05, 0) is 68.3 Å². The van der Waals surface area contributed by atoms with Crippen molar-refractivity contribution >= 4 is 27.3 Å². The van der Waals surface area contributed by atoms with E-state index in [4.69, 9.17) is 9.47 Å². The molecular weight excluding hydrogens is 460 g/mol. The number of carbonyl (C=O) groups is 1. The molecule has 2 aliphatic rings. The maximum Gasteiger partial charge on any atom is 0.323 e. The molecule has 1 aromatic heterocycles. The summed E-state index contributed by atoms with van der Waals surface area (Å²) in [5, 5.41) is 1.79. The van der Waals surface area contributed by atoms with Crippen LogP contribution in [0.15, 0.2) is 46.0 Å². The second-order valence-corrected chi connectivity index (χ2v) is 11.6. The number of nitrogens with zero attached hydrogens (tertiary/aromatic N) is 2. The summed E-state index contributed by atoms with van der Waals surface area (Å²) < 4.78 is 38.9. The Kier molecular flexibility index (Phi) is 8.06. The average molecular weight is 493 g/mol. The summed E-state index contributed by atoms with van der Waals surface area (Å²) in [5.74, 6) is 0.658. The molecule has 0 bridgehead atoms. The van der Waals surface area contributed by atoms with Crippen molar-refractivity contribution in [3.05, 3.63) is 47.3 Å². The number of piperidine rings is 2. The summed E-state index contributed by atoms with van der Waals surface area (Å²) in [5.41, 5.74) is 1.10. The first-order chi connectivity index (χ1) is 16.0. The lowest BCUT2D eigenvalue weighted by Gasteiger charge is -2.34. The summed E-state index contributed by atoms with van der Waals surface area (Å²) in [6.45, 7) is 4.72. The van der Waals surface area contributed by atoms with Crippen molar-refractivity contribution < 1.29 is 22.7 Å². The number of rotatable bonds is 8. The maximum atomic E-state index is 12.7. The van der Waals surface area contributed by atoms with Gasteiger partial charge in [-0.2, -0.15) is 4.31 Å². The highest BCUT2D eigenvalue weighted by molar-refractivity contribution is 7.91. The third-order valence-electron chi connectivity index (χ3n) is 6.25. The minimum absolute atomic E-state index is 0.0164. The van der Waals surface area contributed by atoms with Crippen molar-refractivity contribution in [2.75, 3.05) is 26.2 Å². The van der Waals surface area contributed by atoms with Gasteiger partial charge in [-0.15, -0.1) is 11.3 Å². The van der Waals surface area contributed by atoms with Gasteiger partial charge in [0.05, 0.1) is 6.61 Å². The van der Waals surface area contributed by atoms with E-state index in [9.17, 15) is 13.2 Å². The van der Waals surface area contributed by atoms with Gasteiger partial charge in [-0.1, -0.05) is 24.6 Å². The fourth-order valence-corrected chi connectivity index (χ4v) is 7.17. The lowest BCUT2D eigenvalue weighted by atomic mass is 10.0. The van der Waals surface area contributed by atoms with E-state index in [0.717, 1.165) is 37.1 Å². The summed E-state index contributed by atoms with van der Waals surface area (Å²) in [6.07, 6.45) is 4.26. The Hall–Kier alpha value is -1.94. The number of likely N-dealkylation sites (tertiary alicyclic amines) is 1. The second kappa shape index (κ2) is 11.0. The number of carbonyl (C=O) groups excluding carboxylic acids is 1. The summed E-state index contributed by atoms with van der Waals surface area (Å²) in [6, 6.07) is 11.2. The molecule has 0 amide bonds. The molecule has 4 rings (SSSR count). The molecule has 180 valence electrons. The number of sulfonamides is 1. The summed E-state index contributed by atoms with van der Waals surface area (Å²) in [4.78, 5) is 14.6. The van der Waals surface area contributed by atoms with Gasteiger partial charge in [0.15, 0.2) is 0 Å². The number of hydrogen-bond donors (Lipinski definition) is 0. The van der Waals surface area contributed by atoms with Gasteiger partial charge in [0.1, 0.15) is 22.1 Å². The lowest BCUT2D eigenvalue weighted by molar-refractivity contribution is -0.151. The standard InChI is InChI=1S/C24H32N2O5S2/c1-2-30-24(27)22-9-3-4-13-25(22)18-19-7-5-8-21(17-19)31-20-11-14-26(15-12-20)33(28,29)23-10-6-16-32-23/h5-8,10,16-17,20,22H,2-4,9,11-15,18H2,1H3/t22-/m1/s1. The topological polar surface area (TPSA) is 76.2 Å². The van der Waals surface area contributed by atoms with Crippen molar-refractivity contribution in [2.45, 2.75) is 61.9 Å². The maximum absolute atomic E-state index is 12.7. The molecule has 0 N–H and O–H groups in total. The zero-order chi connectivity index (χ0) is 23.3. The average Bonchev–Trinajstić information content (AvgIpc) is 3.36. The second-order valence-electron chi connectivity index (χ2n) is 8.53. The van der Waals surface area contributed by atoms with Crippen molar-refractivity contribution in [1.82, 2.24) is 9.21 Å². The summed E-state index contributed by atoms with van der Waals surface area (Å²) >= 11 is 1.25. The van der Waals surface area contributed by atoms with Gasteiger partial charge in [0.25, 0.3) is 10.0 Å². The quantitative estimate of drug-likeness (QED) is 0.521. The Morgan fingerprint density at radius 1 is 1.09 bits per heavy atom. The highest BCUT2D eigenvalue weighted by Crippen LogP contribution is 2.27. The normalized spacial score (nSPS) is 21.1. The van der Waals surface area contributed by atoms with E-state index in [-0.39, 0.29) is 18.1 Å². The minimum Gasteiger partial charge on any atom is -0.490 e. The number of esters is 1. The molecule has 33 heavy (non-hydrogen) atoms. The van der Waals surface area contributed by atoms with Crippen LogP contribution in [0.4, 0.5) is 0 Å². The Labute approximate surface area is 200 Å². The van der Waals surface area contributed by atoms with Gasteiger partial charge >= 0.3 is 5.97 Å². The monoisotopic (exact) mass is 492 g/mol. The molecule has 2 aromatic rings. The van der Waals surface area contributed by atoms with E-state index in [2.05, 4.69) is 11.0 Å². The Bertz CT molecular complexity index is 1020. The Morgan fingerprint density at radius 3 is 2.64 bits per heavy atom. The third-order valence-corrected chi connectivity index (χ3v) is 9.52. The Morgan fingerprint density at radius 2 is 1.91 bits per heavy atom. The lowest BCUT2D eigenvalue weighted by Crippen LogP contribution is -2.44. The SMILES string of the molecule is CCOC(=O)[C@H]1CCCCN1Cc1cccc(OC2CCN(S(=O)(=O)c3cccs3)CC2)c1. The first-order valence-corrected chi connectivity index (χ1v) is 14.0. The van der Waals surface area contributed by atoms with Crippen LogP contribution < -0.4 is 4.74 Å². The van der Waals surface area contributed by atoms with Gasteiger partial charge in [-0.25, -0.2) is 8.42 Å². The zero-order valence-corrected chi connectivity index (χ0v) is 20.7. The number of hydrogen-bond acceptors (Lipinski definition) is 7. The number of benzene rings is 1. The van der Waals surface area contributed by atoms with Crippen molar-refractivity contribution in [3.8, 4) is 5.75 Å². The van der Waals surface area contributed by atoms with E-state index in [1.165, 1.54) is 11.3 Å². The van der Waals surface area contributed by atoms with Crippen LogP contribution >= 0.6 is 11.3 Å². The largest absolute Gasteiger partial charge is 0.490 e. The summed E-state index contributed by atoms with van der Waals surface area (Å²) in [7, 11) is -3.40. The van der Waals surface area contributed by atoms with E-state index in [1.54, 1.807) is 21.8 Å². The van der Waals surface area contributed by atoms with Crippen LogP contribution in [-0.2, 0) is 26.1 Å². The molecule has 9 heteroatoms. The van der Waals surface area contributed by atoms with Gasteiger partial charge in [-0.3, -0.25) is 9.69 Å². The fourth-order valence-electron chi connectivity index (χ4n) is 4.56. The smallest absolute Gasteiger partial charge is 0.323 e. The first-order valence-electron chi connectivity index (χ1n) is 11.7. The van der Waals surface area contributed by atoms with E-state index >= 15 is 0 Å². The molecule has 7 nitrogen and oxygen atoms in total. The molecule has 1 aromatic carbocycles. The molecule has 0 unspecified atom stereocenters. The fraction of sp³-hybridized carbons (Fsp3) is 0.542. The van der Waals surface area contributed by atoms with Crippen LogP contribution in [0.1, 0.15) is 44.6 Å². The molecule has 2 fully saturated rings. The van der Waals surface area contributed by atoms with Gasteiger partial charge in [0.2, 0.25) is 0 Å². The predicted octanol–water partition coefficient (Wildman–Crippen LogP) is 3.90. The molecular formula is C24H32N2O5S2. The van der Waals surface area contributed by atoms with Crippen LogP contribution in [0, 0.1) is 0 Å². The van der Waals surface area contributed by atoms with E-state index in [1.807, 2.05) is 25.1 Å². The highest BCUT2D eigenvalue weighted by atomic mass is 32.2. The number of ether oxygens (including phenoxy) is 2. The predicted molar refractivity (Wildman–Crippen MR) is 128 cm³/mol. The number of thiophene rings is 1. The molecule has 0 radical (unpaired) electrons. The van der Waals surface area contributed by atoms with Crippen LogP contribution in [0.2, 0.25) is 0 Å². The van der Waals surface area contributed by atoms with Gasteiger partial charge < -0.3 is 9.47 Å². The molecule has 0 saturated carbocycles. The van der Waals surface area contributed by atoms with Crippen LogP contribution in [0.3, 0.4) is 0 Å². The first kappa shape index (κ1) is 24.2. The van der Waals surface area contributed by atoms with Crippen LogP contribution in [-0.4, -0.2) is 62.0 Å². The highest BCUT2D eigenvalue weighted by Gasteiger charge is 2.31. The zero-order valence-electron chi connectivity index (χ0n) is 19.0. The molecule has 1 atom stereocenters.